The van der Waals surface area contributed by atoms with Crippen LogP contribution in [0.3, 0.4) is 0 Å². The second-order valence-corrected chi connectivity index (χ2v) is 7.97. The predicted octanol–water partition coefficient (Wildman–Crippen LogP) is 4.49. The standard InChI is InChI=1S/C22H16FN5O2S/c1-12-10-14(13(2)27(12)17-7-4-3-6-16(17)23)11-15-19(24)28-22(25-20(15)29)31-21(26-28)18-8-5-9-30-18/h3-11,24H,1-2H3. The van der Waals surface area contributed by atoms with Crippen LogP contribution in [-0.2, 0) is 4.79 Å². The van der Waals surface area contributed by atoms with E-state index in [0.29, 0.717) is 27.2 Å². The van der Waals surface area contributed by atoms with E-state index in [1.807, 2.05) is 19.9 Å². The lowest BCUT2D eigenvalue weighted by molar-refractivity contribution is -0.114. The van der Waals surface area contributed by atoms with Crippen molar-refractivity contribution in [1.82, 2.24) is 9.58 Å². The smallest absolute Gasteiger partial charge is 0.283 e. The summed E-state index contributed by atoms with van der Waals surface area (Å²) in [5.41, 5.74) is 2.80. The lowest BCUT2D eigenvalue weighted by Crippen LogP contribution is -2.35. The van der Waals surface area contributed by atoms with Crippen LogP contribution in [-0.4, -0.2) is 31.5 Å². The Morgan fingerprint density at radius 1 is 1.19 bits per heavy atom. The number of nitrogens with one attached hydrogen (secondary N) is 1. The highest BCUT2D eigenvalue weighted by Gasteiger charge is 2.36. The van der Waals surface area contributed by atoms with Crippen LogP contribution >= 0.6 is 11.8 Å². The first-order chi connectivity index (χ1) is 14.9. The number of hydrogen-bond donors (Lipinski definition) is 1. The molecular formula is C22H16FN5O2S. The van der Waals surface area contributed by atoms with E-state index < -0.39 is 5.91 Å². The number of amidine groups is 2. The number of benzene rings is 1. The number of hydrogen-bond acceptors (Lipinski definition) is 5. The second-order valence-electron chi connectivity index (χ2n) is 7.02. The zero-order valence-electron chi connectivity index (χ0n) is 16.6. The number of amides is 1. The van der Waals surface area contributed by atoms with Gasteiger partial charge in [0.25, 0.3) is 5.91 Å². The Balaban J connectivity index is 1.54. The van der Waals surface area contributed by atoms with E-state index in [9.17, 15) is 9.18 Å². The topological polar surface area (TPSA) is 87.0 Å². The fourth-order valence-corrected chi connectivity index (χ4v) is 4.44. The summed E-state index contributed by atoms with van der Waals surface area (Å²) in [4.78, 5) is 16.8. The molecular weight excluding hydrogens is 417 g/mol. The van der Waals surface area contributed by atoms with Crippen molar-refractivity contribution >= 4 is 39.8 Å². The van der Waals surface area contributed by atoms with E-state index >= 15 is 0 Å². The van der Waals surface area contributed by atoms with Gasteiger partial charge in [0.05, 0.1) is 17.5 Å². The molecule has 1 aromatic carbocycles. The number of para-hydroxylation sites is 1. The molecule has 31 heavy (non-hydrogen) atoms. The SMILES string of the molecule is Cc1cc(C=C2C(=N)N3N=C(c4ccco4)SC3=NC2=O)c(C)n1-c1ccccc1F. The first-order valence-electron chi connectivity index (χ1n) is 9.42. The van der Waals surface area contributed by atoms with E-state index in [1.54, 1.807) is 41.0 Å². The number of aryl methyl sites for hydroxylation is 1. The minimum atomic E-state index is -0.518. The molecule has 0 saturated carbocycles. The zero-order chi connectivity index (χ0) is 21.7. The van der Waals surface area contributed by atoms with E-state index in [2.05, 4.69) is 10.1 Å². The number of nitrogens with zero attached hydrogens (tertiary/aromatic N) is 4. The van der Waals surface area contributed by atoms with Crippen molar-refractivity contribution in [3.05, 3.63) is 82.8 Å². The third-order valence-corrected chi connectivity index (χ3v) is 5.97. The molecule has 1 amide bonds. The van der Waals surface area contributed by atoms with Gasteiger partial charge in [-0.3, -0.25) is 10.2 Å². The molecule has 0 fully saturated rings. The van der Waals surface area contributed by atoms with Gasteiger partial charge >= 0.3 is 0 Å². The molecule has 0 saturated heterocycles. The van der Waals surface area contributed by atoms with Crippen LogP contribution in [0.1, 0.15) is 22.7 Å². The summed E-state index contributed by atoms with van der Waals surface area (Å²) in [7, 11) is 0. The van der Waals surface area contributed by atoms with Crippen molar-refractivity contribution in [2.24, 2.45) is 10.1 Å². The number of aliphatic imine (C=N–C) groups is 1. The number of thioether (sulfide) groups is 1. The molecule has 7 nitrogen and oxygen atoms in total. The maximum Gasteiger partial charge on any atom is 0.283 e. The molecule has 2 aromatic heterocycles. The number of fused-ring (bicyclic) bond motifs is 1. The quantitative estimate of drug-likeness (QED) is 0.617. The van der Waals surface area contributed by atoms with E-state index in [-0.39, 0.29) is 17.2 Å². The van der Waals surface area contributed by atoms with Gasteiger partial charge in [-0.25, -0.2) is 4.39 Å². The highest BCUT2D eigenvalue weighted by atomic mass is 32.2. The molecule has 0 aliphatic carbocycles. The Labute approximate surface area is 181 Å². The third-order valence-electron chi connectivity index (χ3n) is 5.05. The van der Waals surface area contributed by atoms with Gasteiger partial charge in [-0.2, -0.15) is 15.1 Å². The fourth-order valence-electron chi connectivity index (χ4n) is 3.58. The minimum absolute atomic E-state index is 0.0697. The van der Waals surface area contributed by atoms with E-state index in [4.69, 9.17) is 9.83 Å². The van der Waals surface area contributed by atoms with Gasteiger partial charge in [0, 0.05) is 11.4 Å². The molecule has 5 rings (SSSR count). The average Bonchev–Trinajstić information content (AvgIpc) is 3.46. The van der Waals surface area contributed by atoms with Crippen molar-refractivity contribution in [1.29, 1.82) is 5.41 Å². The monoisotopic (exact) mass is 433 g/mol. The first kappa shape index (κ1) is 19.3. The van der Waals surface area contributed by atoms with Crippen molar-refractivity contribution in [3.8, 4) is 5.69 Å². The highest BCUT2D eigenvalue weighted by Crippen LogP contribution is 2.32. The maximum absolute atomic E-state index is 14.4. The predicted molar refractivity (Wildman–Crippen MR) is 118 cm³/mol. The maximum atomic E-state index is 14.4. The lowest BCUT2D eigenvalue weighted by Gasteiger charge is -2.20. The van der Waals surface area contributed by atoms with Gasteiger partial charge in [-0.1, -0.05) is 12.1 Å². The van der Waals surface area contributed by atoms with Crippen molar-refractivity contribution in [2.45, 2.75) is 13.8 Å². The summed E-state index contributed by atoms with van der Waals surface area (Å²) in [5.74, 6) is -0.385. The number of rotatable bonds is 3. The van der Waals surface area contributed by atoms with Crippen molar-refractivity contribution in [2.75, 3.05) is 0 Å². The third kappa shape index (κ3) is 3.14. The molecule has 2 aliphatic rings. The Morgan fingerprint density at radius 3 is 2.74 bits per heavy atom. The molecule has 0 atom stereocenters. The molecule has 0 unspecified atom stereocenters. The summed E-state index contributed by atoms with van der Waals surface area (Å²) in [6, 6.07) is 11.9. The van der Waals surface area contributed by atoms with Gasteiger partial charge in [0.1, 0.15) is 5.82 Å². The van der Waals surface area contributed by atoms with Gasteiger partial charge in [0.15, 0.2) is 16.6 Å². The van der Waals surface area contributed by atoms with Gasteiger partial charge in [-0.05, 0) is 67.6 Å². The Kier molecular flexibility index (Phi) is 4.48. The Bertz CT molecular complexity index is 1330. The second kappa shape index (κ2) is 7.21. The van der Waals surface area contributed by atoms with E-state index in [0.717, 1.165) is 11.4 Å². The molecule has 0 spiro atoms. The number of hydrazone groups is 1. The molecule has 0 bridgehead atoms. The van der Waals surface area contributed by atoms with Gasteiger partial charge in [-0.15, -0.1) is 0 Å². The van der Waals surface area contributed by atoms with Crippen LogP contribution < -0.4 is 0 Å². The normalized spacial score (nSPS) is 17.3. The summed E-state index contributed by atoms with van der Waals surface area (Å²) in [6.07, 6.45) is 3.14. The highest BCUT2D eigenvalue weighted by molar-refractivity contribution is 8.27. The number of aromatic nitrogens is 1. The number of carbonyl (C=O) groups is 1. The minimum Gasteiger partial charge on any atom is -0.462 e. The van der Waals surface area contributed by atoms with Crippen LogP contribution in [0.15, 0.2) is 68.8 Å². The molecule has 154 valence electrons. The van der Waals surface area contributed by atoms with Crippen molar-refractivity contribution in [3.63, 3.8) is 0 Å². The number of halogens is 1. The van der Waals surface area contributed by atoms with Gasteiger partial charge in [0.2, 0.25) is 5.17 Å². The lowest BCUT2D eigenvalue weighted by atomic mass is 10.1. The fraction of sp³-hybridized carbons (Fsp3) is 0.0909. The number of furan rings is 1. The molecule has 4 heterocycles. The first-order valence-corrected chi connectivity index (χ1v) is 10.2. The summed E-state index contributed by atoms with van der Waals surface area (Å²) in [5, 5.41) is 15.1. The van der Waals surface area contributed by atoms with E-state index in [1.165, 1.54) is 29.1 Å². The van der Waals surface area contributed by atoms with Crippen LogP contribution in [0.2, 0.25) is 0 Å². The van der Waals surface area contributed by atoms with Crippen LogP contribution in [0.4, 0.5) is 4.39 Å². The van der Waals surface area contributed by atoms with Crippen molar-refractivity contribution < 1.29 is 13.6 Å². The van der Waals surface area contributed by atoms with Crippen LogP contribution in [0.25, 0.3) is 11.8 Å². The molecule has 2 aliphatic heterocycles. The molecule has 1 N–H and O–H groups in total. The van der Waals surface area contributed by atoms with Gasteiger partial charge < -0.3 is 8.98 Å². The Hall–Kier alpha value is -3.72. The largest absolute Gasteiger partial charge is 0.462 e. The Morgan fingerprint density at radius 2 is 2.00 bits per heavy atom. The zero-order valence-corrected chi connectivity index (χ0v) is 17.4. The molecule has 9 heteroatoms. The van der Waals surface area contributed by atoms with Crippen LogP contribution in [0, 0.1) is 25.1 Å². The summed E-state index contributed by atoms with van der Waals surface area (Å²) in [6.45, 7) is 3.71. The summed E-state index contributed by atoms with van der Waals surface area (Å²) < 4.78 is 21.5. The molecule has 3 aromatic rings. The number of carbonyl (C=O) groups excluding carboxylic acids is 1. The summed E-state index contributed by atoms with van der Waals surface area (Å²) >= 11 is 1.17. The average molecular weight is 433 g/mol. The molecule has 0 radical (unpaired) electrons. The van der Waals surface area contributed by atoms with Crippen LogP contribution in [0.5, 0.6) is 0 Å².